The van der Waals surface area contributed by atoms with E-state index in [1.54, 1.807) is 49.5 Å². The summed E-state index contributed by atoms with van der Waals surface area (Å²) < 4.78 is 26.9. The van der Waals surface area contributed by atoms with Crippen LogP contribution in [-0.2, 0) is 9.84 Å². The maximum Gasteiger partial charge on any atom is 0.251 e. The Morgan fingerprint density at radius 1 is 1.04 bits per heavy atom. The number of rotatable bonds is 6. The minimum absolute atomic E-state index is 0.0669. The van der Waals surface area contributed by atoms with E-state index in [9.17, 15) is 13.2 Å². The second-order valence-electron chi connectivity index (χ2n) is 6.53. The molecule has 1 amide bonds. The van der Waals surface area contributed by atoms with Crippen LogP contribution in [0, 0.1) is 13.8 Å². The van der Waals surface area contributed by atoms with E-state index in [2.05, 4.69) is 15.3 Å². The van der Waals surface area contributed by atoms with Crippen LogP contribution < -0.4 is 5.32 Å². The third-order valence-corrected chi connectivity index (χ3v) is 6.71. The summed E-state index contributed by atoms with van der Waals surface area (Å²) in [5.74, 6) is -0.354. The van der Waals surface area contributed by atoms with E-state index in [0.717, 1.165) is 5.56 Å². The van der Waals surface area contributed by atoms with Gasteiger partial charge in [0.2, 0.25) is 0 Å². The highest BCUT2D eigenvalue weighted by molar-refractivity contribution is 7.91. The summed E-state index contributed by atoms with van der Waals surface area (Å²) in [6.07, 6.45) is 6.13. The molecule has 0 spiro atoms. The molecule has 1 atom stereocenters. The molecule has 6 nitrogen and oxygen atoms in total. The molecule has 1 aromatic carbocycles. The number of pyridine rings is 2. The molecule has 3 aromatic rings. The van der Waals surface area contributed by atoms with Gasteiger partial charge >= 0.3 is 0 Å². The lowest BCUT2D eigenvalue weighted by Gasteiger charge is -2.20. The maximum absolute atomic E-state index is 13.5. The van der Waals surface area contributed by atoms with Gasteiger partial charge in [0.25, 0.3) is 5.91 Å². The van der Waals surface area contributed by atoms with Crippen LogP contribution in [-0.4, -0.2) is 30.8 Å². The number of sulfone groups is 1. The van der Waals surface area contributed by atoms with Crippen LogP contribution in [0.15, 0.2) is 72.1 Å². The monoisotopic (exact) mass is 395 g/mol. The Labute approximate surface area is 164 Å². The fourth-order valence-corrected chi connectivity index (χ4v) is 4.90. The number of benzene rings is 1. The van der Waals surface area contributed by atoms with E-state index in [-0.39, 0.29) is 17.3 Å². The van der Waals surface area contributed by atoms with Crippen LogP contribution in [0.4, 0.5) is 0 Å². The number of nitrogens with one attached hydrogen (secondary N) is 1. The minimum atomic E-state index is -3.75. The van der Waals surface area contributed by atoms with E-state index >= 15 is 0 Å². The van der Waals surface area contributed by atoms with Crippen molar-refractivity contribution in [2.24, 2.45) is 0 Å². The zero-order valence-corrected chi connectivity index (χ0v) is 16.5. The Morgan fingerprint density at radius 3 is 2.46 bits per heavy atom. The van der Waals surface area contributed by atoms with Crippen molar-refractivity contribution in [1.29, 1.82) is 0 Å². The molecule has 0 fully saturated rings. The third-order valence-electron chi connectivity index (χ3n) is 4.47. The van der Waals surface area contributed by atoms with Crippen LogP contribution in [0.1, 0.15) is 32.3 Å². The summed E-state index contributed by atoms with van der Waals surface area (Å²) in [5.41, 5.74) is 2.47. The van der Waals surface area contributed by atoms with Crippen molar-refractivity contribution in [3.8, 4) is 0 Å². The first-order valence-electron chi connectivity index (χ1n) is 8.79. The molecule has 2 heterocycles. The Balaban J connectivity index is 1.96. The van der Waals surface area contributed by atoms with Crippen molar-refractivity contribution < 1.29 is 13.2 Å². The number of nitrogens with zero attached hydrogens (tertiary/aromatic N) is 2. The molecule has 0 radical (unpaired) electrons. The SMILES string of the molecule is Cc1ccc(C)c(S(=O)(=O)[C@@H](CNC(=O)c2ccncc2)c2cccnc2)c1. The van der Waals surface area contributed by atoms with E-state index in [1.165, 1.54) is 18.6 Å². The van der Waals surface area contributed by atoms with Crippen molar-refractivity contribution >= 4 is 15.7 Å². The van der Waals surface area contributed by atoms with Gasteiger partial charge in [-0.3, -0.25) is 14.8 Å². The number of aromatic nitrogens is 2. The van der Waals surface area contributed by atoms with Crippen molar-refractivity contribution in [3.05, 3.63) is 89.5 Å². The number of carbonyl (C=O) groups excluding carboxylic acids is 1. The van der Waals surface area contributed by atoms with Gasteiger partial charge in [0.15, 0.2) is 9.84 Å². The van der Waals surface area contributed by atoms with Gasteiger partial charge in [-0.05, 0) is 54.8 Å². The summed E-state index contributed by atoms with van der Waals surface area (Å²) >= 11 is 0. The predicted molar refractivity (Wildman–Crippen MR) is 107 cm³/mol. The predicted octanol–water partition coefficient (Wildman–Crippen LogP) is 3.04. The Hall–Kier alpha value is -3.06. The first kappa shape index (κ1) is 19.7. The van der Waals surface area contributed by atoms with Gasteiger partial charge in [-0.2, -0.15) is 0 Å². The highest BCUT2D eigenvalue weighted by Crippen LogP contribution is 2.30. The molecule has 1 N–H and O–H groups in total. The first-order chi connectivity index (χ1) is 13.4. The van der Waals surface area contributed by atoms with Crippen molar-refractivity contribution in [1.82, 2.24) is 15.3 Å². The summed E-state index contributed by atoms with van der Waals surface area (Å²) in [7, 11) is -3.75. The van der Waals surface area contributed by atoms with Gasteiger partial charge in [0.05, 0.1) is 4.90 Å². The minimum Gasteiger partial charge on any atom is -0.350 e. The van der Waals surface area contributed by atoms with Crippen LogP contribution >= 0.6 is 0 Å². The fourth-order valence-electron chi connectivity index (χ4n) is 2.93. The molecule has 0 unspecified atom stereocenters. The average Bonchev–Trinajstić information content (AvgIpc) is 2.71. The van der Waals surface area contributed by atoms with E-state index < -0.39 is 15.1 Å². The quantitative estimate of drug-likeness (QED) is 0.693. The zero-order chi connectivity index (χ0) is 20.1. The number of hydrogen-bond donors (Lipinski definition) is 1. The Morgan fingerprint density at radius 2 is 1.79 bits per heavy atom. The Bertz CT molecular complexity index is 1070. The highest BCUT2D eigenvalue weighted by atomic mass is 32.2. The Kier molecular flexibility index (Phi) is 5.84. The summed E-state index contributed by atoms with van der Waals surface area (Å²) in [6, 6.07) is 11.9. The third kappa shape index (κ3) is 4.26. The van der Waals surface area contributed by atoms with Crippen molar-refractivity contribution in [2.75, 3.05) is 6.54 Å². The lowest BCUT2D eigenvalue weighted by Crippen LogP contribution is -2.32. The lowest BCUT2D eigenvalue weighted by molar-refractivity contribution is 0.0953. The fraction of sp³-hybridized carbons (Fsp3) is 0.190. The molecule has 0 aliphatic rings. The molecule has 0 aliphatic carbocycles. The number of carbonyl (C=O) groups is 1. The standard InChI is InChI=1S/C21H21N3O3S/c1-15-5-6-16(2)19(12-15)28(26,27)20(18-4-3-9-23-13-18)14-24-21(25)17-7-10-22-11-8-17/h3-13,20H,14H2,1-2H3,(H,24,25)/t20-/m0/s1. The smallest absolute Gasteiger partial charge is 0.251 e. The number of hydrogen-bond acceptors (Lipinski definition) is 5. The highest BCUT2D eigenvalue weighted by Gasteiger charge is 2.31. The van der Waals surface area contributed by atoms with E-state index in [1.807, 2.05) is 13.0 Å². The maximum atomic E-state index is 13.5. The van der Waals surface area contributed by atoms with Crippen LogP contribution in [0.25, 0.3) is 0 Å². The number of aryl methyl sites for hydroxylation is 2. The van der Waals surface area contributed by atoms with Crippen molar-refractivity contribution in [2.45, 2.75) is 24.0 Å². The summed E-state index contributed by atoms with van der Waals surface area (Å²) in [5, 5.41) is 1.78. The largest absolute Gasteiger partial charge is 0.350 e. The normalized spacial score (nSPS) is 12.4. The summed E-state index contributed by atoms with van der Waals surface area (Å²) in [6.45, 7) is 3.55. The summed E-state index contributed by atoms with van der Waals surface area (Å²) in [4.78, 5) is 20.6. The van der Waals surface area contributed by atoms with E-state index in [4.69, 9.17) is 0 Å². The molecule has 28 heavy (non-hydrogen) atoms. The lowest BCUT2D eigenvalue weighted by atomic mass is 10.2. The van der Waals surface area contributed by atoms with Crippen LogP contribution in [0.2, 0.25) is 0 Å². The van der Waals surface area contributed by atoms with Crippen LogP contribution in [0.5, 0.6) is 0 Å². The van der Waals surface area contributed by atoms with Crippen molar-refractivity contribution in [3.63, 3.8) is 0 Å². The average molecular weight is 395 g/mol. The molecule has 0 saturated heterocycles. The van der Waals surface area contributed by atoms with Gasteiger partial charge in [0, 0.05) is 36.9 Å². The second kappa shape index (κ2) is 8.31. The molecule has 0 bridgehead atoms. The first-order valence-corrected chi connectivity index (χ1v) is 10.3. The molecule has 0 aliphatic heterocycles. The van der Waals surface area contributed by atoms with Gasteiger partial charge < -0.3 is 5.32 Å². The zero-order valence-electron chi connectivity index (χ0n) is 15.7. The van der Waals surface area contributed by atoms with Gasteiger partial charge in [-0.1, -0.05) is 18.2 Å². The van der Waals surface area contributed by atoms with Gasteiger partial charge in [-0.15, -0.1) is 0 Å². The molecule has 3 rings (SSSR count). The van der Waals surface area contributed by atoms with Crippen LogP contribution in [0.3, 0.4) is 0 Å². The molecule has 2 aromatic heterocycles. The molecular formula is C21H21N3O3S. The van der Waals surface area contributed by atoms with Gasteiger partial charge in [0.1, 0.15) is 5.25 Å². The van der Waals surface area contributed by atoms with E-state index in [0.29, 0.717) is 16.7 Å². The number of amides is 1. The molecule has 0 saturated carbocycles. The molecular weight excluding hydrogens is 374 g/mol. The molecule has 7 heteroatoms. The topological polar surface area (TPSA) is 89.0 Å². The molecule has 144 valence electrons. The second-order valence-corrected chi connectivity index (χ2v) is 8.63. The van der Waals surface area contributed by atoms with Gasteiger partial charge in [-0.25, -0.2) is 8.42 Å².